The highest BCUT2D eigenvalue weighted by Gasteiger charge is 2.15. The van der Waals surface area contributed by atoms with Gasteiger partial charge in [0.15, 0.2) is 0 Å². The Morgan fingerprint density at radius 2 is 1.75 bits per heavy atom. The summed E-state index contributed by atoms with van der Waals surface area (Å²) in [6.45, 7) is 2.10. The van der Waals surface area contributed by atoms with Gasteiger partial charge in [-0.25, -0.2) is 0 Å². The summed E-state index contributed by atoms with van der Waals surface area (Å²) in [6.07, 6.45) is 0.685. The molecule has 0 aliphatic rings. The Kier molecular flexibility index (Phi) is 6.85. The van der Waals surface area contributed by atoms with Gasteiger partial charge in [-0.1, -0.05) is 66.4 Å². The second-order valence-corrected chi connectivity index (χ2v) is 6.34. The van der Waals surface area contributed by atoms with Crippen LogP contribution in [0.2, 0.25) is 0 Å². The first-order valence-corrected chi connectivity index (χ1v) is 8.51. The Hall–Kier alpha value is -1.82. The molecule has 2 N–H and O–H groups in total. The zero-order chi connectivity index (χ0) is 16.1. The molecule has 126 valence electrons. The van der Waals surface area contributed by atoms with Gasteiger partial charge in [0.25, 0.3) is 5.22 Å². The molecule has 1 unspecified atom stereocenters. The third-order valence-electron chi connectivity index (χ3n) is 3.65. The van der Waals surface area contributed by atoms with Gasteiger partial charge in [0, 0.05) is 5.75 Å². The molecule has 3 aromatic rings. The number of nitrogens with two attached hydrogens (primary N) is 1. The quantitative estimate of drug-likeness (QED) is 0.662. The van der Waals surface area contributed by atoms with E-state index in [0.717, 1.165) is 11.3 Å². The summed E-state index contributed by atoms with van der Waals surface area (Å²) >= 11 is 1.54. The van der Waals surface area contributed by atoms with Gasteiger partial charge in [-0.2, -0.15) is 0 Å². The lowest BCUT2D eigenvalue weighted by Gasteiger charge is -2.06. The zero-order valence-corrected chi connectivity index (χ0v) is 15.0. The van der Waals surface area contributed by atoms with Crippen molar-refractivity contribution < 1.29 is 4.42 Å². The third kappa shape index (κ3) is 4.84. The van der Waals surface area contributed by atoms with Crippen LogP contribution in [0.15, 0.2) is 64.2 Å². The van der Waals surface area contributed by atoms with E-state index < -0.39 is 0 Å². The summed E-state index contributed by atoms with van der Waals surface area (Å²) in [5.41, 5.74) is 9.86. The van der Waals surface area contributed by atoms with Gasteiger partial charge in [0.2, 0.25) is 5.89 Å². The number of aromatic nitrogens is 2. The van der Waals surface area contributed by atoms with Gasteiger partial charge >= 0.3 is 0 Å². The molecule has 1 aromatic heterocycles. The van der Waals surface area contributed by atoms with E-state index in [4.69, 9.17) is 10.2 Å². The van der Waals surface area contributed by atoms with E-state index >= 15 is 0 Å². The van der Waals surface area contributed by atoms with Gasteiger partial charge in [-0.05, 0) is 30.0 Å². The van der Waals surface area contributed by atoms with Crippen LogP contribution in [0.4, 0.5) is 0 Å². The molecule has 0 fully saturated rings. The Balaban J connectivity index is 0.00000208. The molecule has 0 bridgehead atoms. The molecule has 0 saturated carbocycles. The predicted molar refractivity (Wildman–Crippen MR) is 99.4 cm³/mol. The lowest BCUT2D eigenvalue weighted by atomic mass is 10.1. The Bertz CT molecular complexity index is 764. The SMILES string of the molecule is Cc1ccccc1CSc1nnc(C(N)Cc2ccccc2)o1.Cl. The molecular formula is C18H20ClN3OS. The number of thioether (sulfide) groups is 1. The standard InChI is InChI=1S/C18H19N3OS.ClH/c1-13-7-5-6-10-15(13)12-23-18-21-20-17(22-18)16(19)11-14-8-3-2-4-9-14;/h2-10,16H,11-12,19H2,1H3;1H. The summed E-state index contributed by atoms with van der Waals surface area (Å²) in [6, 6.07) is 18.1. The molecule has 2 aromatic carbocycles. The molecule has 0 amide bonds. The first-order chi connectivity index (χ1) is 11.2. The van der Waals surface area contributed by atoms with Crippen molar-refractivity contribution in [2.24, 2.45) is 5.73 Å². The van der Waals surface area contributed by atoms with Gasteiger partial charge in [0.1, 0.15) is 0 Å². The lowest BCUT2D eigenvalue weighted by molar-refractivity contribution is 0.385. The molecule has 0 aliphatic heterocycles. The molecule has 3 rings (SSSR count). The van der Waals surface area contributed by atoms with E-state index in [1.165, 1.54) is 22.9 Å². The maximum absolute atomic E-state index is 6.17. The number of nitrogens with zero attached hydrogens (tertiary/aromatic N) is 2. The Morgan fingerprint density at radius 1 is 1.04 bits per heavy atom. The molecule has 1 heterocycles. The number of halogens is 1. The van der Waals surface area contributed by atoms with E-state index in [-0.39, 0.29) is 18.4 Å². The first kappa shape index (κ1) is 18.5. The number of aryl methyl sites for hydroxylation is 1. The number of benzene rings is 2. The minimum Gasteiger partial charge on any atom is -0.414 e. The van der Waals surface area contributed by atoms with Crippen LogP contribution in [0.1, 0.15) is 28.6 Å². The van der Waals surface area contributed by atoms with E-state index in [1.807, 2.05) is 42.5 Å². The fraction of sp³-hybridized carbons (Fsp3) is 0.222. The van der Waals surface area contributed by atoms with Crippen LogP contribution in [-0.2, 0) is 12.2 Å². The molecule has 0 saturated heterocycles. The fourth-order valence-corrected chi connectivity index (χ4v) is 3.14. The maximum Gasteiger partial charge on any atom is 0.276 e. The van der Waals surface area contributed by atoms with E-state index in [1.54, 1.807) is 0 Å². The molecular weight excluding hydrogens is 342 g/mol. The van der Waals surface area contributed by atoms with Crippen molar-refractivity contribution in [3.8, 4) is 0 Å². The van der Waals surface area contributed by atoms with Crippen molar-refractivity contribution in [2.45, 2.75) is 30.4 Å². The van der Waals surface area contributed by atoms with Crippen LogP contribution < -0.4 is 5.73 Å². The van der Waals surface area contributed by atoms with E-state index in [9.17, 15) is 0 Å². The Labute approximate surface area is 152 Å². The predicted octanol–water partition coefficient (Wildman–Crippen LogP) is 4.33. The molecule has 0 radical (unpaired) electrons. The molecule has 0 spiro atoms. The highest BCUT2D eigenvalue weighted by Crippen LogP contribution is 2.25. The lowest BCUT2D eigenvalue weighted by Crippen LogP contribution is -2.13. The average Bonchev–Trinajstić information content (AvgIpc) is 3.04. The van der Waals surface area contributed by atoms with Crippen LogP contribution in [0.25, 0.3) is 0 Å². The average molecular weight is 362 g/mol. The number of hydrogen-bond donors (Lipinski definition) is 1. The molecule has 1 atom stereocenters. The second-order valence-electron chi connectivity index (χ2n) is 5.42. The van der Waals surface area contributed by atoms with Crippen LogP contribution in [0, 0.1) is 6.92 Å². The van der Waals surface area contributed by atoms with Crippen molar-refractivity contribution in [3.05, 3.63) is 77.2 Å². The minimum atomic E-state index is -0.280. The summed E-state index contributed by atoms with van der Waals surface area (Å²) in [5.74, 6) is 1.29. The first-order valence-electron chi connectivity index (χ1n) is 7.52. The van der Waals surface area contributed by atoms with Gasteiger partial charge in [-0.3, -0.25) is 0 Å². The van der Waals surface area contributed by atoms with E-state index in [2.05, 4.69) is 29.3 Å². The summed E-state index contributed by atoms with van der Waals surface area (Å²) < 4.78 is 5.69. The summed E-state index contributed by atoms with van der Waals surface area (Å²) in [7, 11) is 0. The highest BCUT2D eigenvalue weighted by atomic mass is 35.5. The van der Waals surface area contributed by atoms with Gasteiger partial charge in [0.05, 0.1) is 6.04 Å². The minimum absolute atomic E-state index is 0. The largest absolute Gasteiger partial charge is 0.414 e. The topological polar surface area (TPSA) is 64.9 Å². The van der Waals surface area contributed by atoms with Crippen molar-refractivity contribution in [1.82, 2.24) is 10.2 Å². The van der Waals surface area contributed by atoms with Crippen LogP contribution >= 0.6 is 24.2 Å². The molecule has 6 heteroatoms. The van der Waals surface area contributed by atoms with E-state index in [0.29, 0.717) is 17.5 Å². The highest BCUT2D eigenvalue weighted by molar-refractivity contribution is 7.98. The van der Waals surface area contributed by atoms with Crippen molar-refractivity contribution in [3.63, 3.8) is 0 Å². The molecule has 24 heavy (non-hydrogen) atoms. The normalized spacial score (nSPS) is 11.8. The number of hydrogen-bond acceptors (Lipinski definition) is 5. The summed E-state index contributed by atoms with van der Waals surface area (Å²) in [4.78, 5) is 0. The summed E-state index contributed by atoms with van der Waals surface area (Å²) in [5, 5.41) is 8.74. The van der Waals surface area contributed by atoms with Crippen LogP contribution in [0.3, 0.4) is 0 Å². The third-order valence-corrected chi connectivity index (χ3v) is 4.52. The second kappa shape index (κ2) is 8.87. The van der Waals surface area contributed by atoms with Gasteiger partial charge in [-0.15, -0.1) is 22.6 Å². The monoisotopic (exact) mass is 361 g/mol. The van der Waals surface area contributed by atoms with Crippen LogP contribution in [0.5, 0.6) is 0 Å². The van der Waals surface area contributed by atoms with Crippen molar-refractivity contribution in [1.29, 1.82) is 0 Å². The number of rotatable bonds is 6. The fourth-order valence-electron chi connectivity index (χ4n) is 2.30. The zero-order valence-electron chi connectivity index (χ0n) is 13.4. The smallest absolute Gasteiger partial charge is 0.276 e. The van der Waals surface area contributed by atoms with Crippen LogP contribution in [-0.4, -0.2) is 10.2 Å². The Morgan fingerprint density at radius 3 is 2.50 bits per heavy atom. The van der Waals surface area contributed by atoms with Crippen molar-refractivity contribution in [2.75, 3.05) is 0 Å². The van der Waals surface area contributed by atoms with Gasteiger partial charge < -0.3 is 10.2 Å². The maximum atomic E-state index is 6.17. The molecule has 0 aliphatic carbocycles. The molecule has 4 nitrogen and oxygen atoms in total. The van der Waals surface area contributed by atoms with Crippen molar-refractivity contribution >= 4 is 24.2 Å².